The molecule has 0 aliphatic rings. The summed E-state index contributed by atoms with van der Waals surface area (Å²) >= 11 is 9.56. The molecule has 0 saturated carbocycles. The van der Waals surface area contributed by atoms with E-state index < -0.39 is 6.16 Å². The maximum Gasteiger partial charge on any atom is 0.513 e. The number of hydrogen-bond acceptors (Lipinski definition) is 4. The Morgan fingerprint density at radius 1 is 1.23 bits per heavy atom. The molecule has 0 atom stereocenters. The number of methoxy groups -OCH3 is 1. The molecule has 2 aromatic rings. The van der Waals surface area contributed by atoms with E-state index in [-0.39, 0.29) is 6.61 Å². The Labute approximate surface area is 142 Å². The molecule has 2 aromatic carbocycles. The van der Waals surface area contributed by atoms with Gasteiger partial charge in [-0.2, -0.15) is 0 Å². The molecule has 0 amide bonds. The first-order valence-electron chi connectivity index (χ1n) is 6.43. The molecule has 22 heavy (non-hydrogen) atoms. The van der Waals surface area contributed by atoms with E-state index in [4.69, 9.17) is 21.1 Å². The summed E-state index contributed by atoms with van der Waals surface area (Å²) in [6, 6.07) is 10.8. The largest absolute Gasteiger partial charge is 0.513 e. The molecule has 0 N–H and O–H groups in total. The van der Waals surface area contributed by atoms with Crippen molar-refractivity contribution in [3.8, 4) is 11.5 Å². The second kappa shape index (κ2) is 7.51. The van der Waals surface area contributed by atoms with Gasteiger partial charge in [0, 0.05) is 10.0 Å². The lowest BCUT2D eigenvalue weighted by Crippen LogP contribution is -2.10. The van der Waals surface area contributed by atoms with E-state index in [0.29, 0.717) is 22.1 Å². The highest BCUT2D eigenvalue weighted by atomic mass is 79.9. The van der Waals surface area contributed by atoms with E-state index >= 15 is 0 Å². The lowest BCUT2D eigenvalue weighted by atomic mass is 10.2. The van der Waals surface area contributed by atoms with Crippen molar-refractivity contribution < 1.29 is 19.0 Å². The van der Waals surface area contributed by atoms with E-state index in [9.17, 15) is 4.79 Å². The third kappa shape index (κ3) is 4.15. The van der Waals surface area contributed by atoms with Gasteiger partial charge >= 0.3 is 6.16 Å². The third-order valence-electron chi connectivity index (χ3n) is 2.90. The molecule has 0 unspecified atom stereocenters. The highest BCUT2D eigenvalue weighted by Gasteiger charge is 2.13. The fraction of sp³-hybridized carbons (Fsp3) is 0.188. The van der Waals surface area contributed by atoms with Gasteiger partial charge in [-0.15, -0.1) is 0 Å². The van der Waals surface area contributed by atoms with Crippen molar-refractivity contribution in [1.82, 2.24) is 0 Å². The Morgan fingerprint density at radius 2 is 2.00 bits per heavy atom. The Balaban J connectivity index is 2.19. The topological polar surface area (TPSA) is 44.8 Å². The molecule has 0 aromatic heterocycles. The van der Waals surface area contributed by atoms with Gasteiger partial charge in [-0.3, -0.25) is 0 Å². The highest BCUT2D eigenvalue weighted by molar-refractivity contribution is 9.10. The van der Waals surface area contributed by atoms with Crippen LogP contribution < -0.4 is 9.47 Å². The average Bonchev–Trinajstić information content (AvgIpc) is 2.48. The molecule has 6 heteroatoms. The number of rotatable bonds is 4. The van der Waals surface area contributed by atoms with E-state index in [1.165, 1.54) is 7.11 Å². The molecule has 4 nitrogen and oxygen atoms in total. The van der Waals surface area contributed by atoms with Crippen molar-refractivity contribution in [2.75, 3.05) is 7.11 Å². The van der Waals surface area contributed by atoms with Gasteiger partial charge in [0.15, 0.2) is 0 Å². The van der Waals surface area contributed by atoms with Crippen molar-refractivity contribution in [3.63, 3.8) is 0 Å². The third-order valence-corrected chi connectivity index (χ3v) is 3.93. The first kappa shape index (κ1) is 16.6. The fourth-order valence-corrected chi connectivity index (χ4v) is 2.53. The van der Waals surface area contributed by atoms with Crippen LogP contribution in [0.3, 0.4) is 0 Å². The zero-order chi connectivity index (χ0) is 16.1. The SMILES string of the molecule is COC(=O)Oc1cccc(Br)c1COc1ccc(C)cc1Cl. The molecule has 0 heterocycles. The minimum atomic E-state index is -0.785. The molecule has 0 aliphatic carbocycles. The van der Waals surface area contributed by atoms with Crippen LogP contribution >= 0.6 is 27.5 Å². The Morgan fingerprint density at radius 3 is 2.68 bits per heavy atom. The molecule has 0 saturated heterocycles. The van der Waals surface area contributed by atoms with Crippen LogP contribution in [0.2, 0.25) is 5.02 Å². The van der Waals surface area contributed by atoms with Crippen LogP contribution in [-0.4, -0.2) is 13.3 Å². The molecule has 2 rings (SSSR count). The highest BCUT2D eigenvalue weighted by Crippen LogP contribution is 2.31. The zero-order valence-corrected chi connectivity index (χ0v) is 14.4. The molecule has 0 radical (unpaired) electrons. The summed E-state index contributed by atoms with van der Waals surface area (Å²) < 4.78 is 16.1. The molecule has 0 aliphatic heterocycles. The Bertz CT molecular complexity index is 688. The van der Waals surface area contributed by atoms with E-state index in [0.717, 1.165) is 10.0 Å². The number of hydrogen-bond donors (Lipinski definition) is 0. The summed E-state index contributed by atoms with van der Waals surface area (Å²) in [5.41, 5.74) is 1.73. The molecule has 0 fully saturated rings. The predicted molar refractivity (Wildman–Crippen MR) is 87.7 cm³/mol. The minimum Gasteiger partial charge on any atom is -0.487 e. The van der Waals surface area contributed by atoms with Crippen LogP contribution in [0.4, 0.5) is 4.79 Å². The van der Waals surface area contributed by atoms with Crippen LogP contribution in [-0.2, 0) is 11.3 Å². The molecule has 0 bridgehead atoms. The number of halogens is 2. The van der Waals surface area contributed by atoms with Crippen molar-refractivity contribution in [2.24, 2.45) is 0 Å². The maximum atomic E-state index is 11.3. The molecule has 116 valence electrons. The van der Waals surface area contributed by atoms with Gasteiger partial charge in [0.05, 0.1) is 12.1 Å². The first-order valence-corrected chi connectivity index (χ1v) is 7.60. The van der Waals surface area contributed by atoms with Gasteiger partial charge in [-0.25, -0.2) is 4.79 Å². The van der Waals surface area contributed by atoms with Crippen molar-refractivity contribution in [2.45, 2.75) is 13.5 Å². The van der Waals surface area contributed by atoms with Crippen LogP contribution in [0.25, 0.3) is 0 Å². The summed E-state index contributed by atoms with van der Waals surface area (Å²) in [6.07, 6.45) is -0.785. The maximum absolute atomic E-state index is 11.3. The van der Waals surface area contributed by atoms with Crippen LogP contribution in [0, 0.1) is 6.92 Å². The van der Waals surface area contributed by atoms with E-state index in [1.54, 1.807) is 18.2 Å². The van der Waals surface area contributed by atoms with E-state index in [1.807, 2.05) is 25.1 Å². The molecular weight excluding hydrogens is 372 g/mol. The van der Waals surface area contributed by atoms with Gasteiger partial charge in [0.25, 0.3) is 0 Å². The summed E-state index contributed by atoms with van der Waals surface area (Å²) in [5, 5.41) is 0.530. The Kier molecular flexibility index (Phi) is 5.69. The first-order chi connectivity index (χ1) is 10.5. The van der Waals surface area contributed by atoms with Gasteiger partial charge in [-0.1, -0.05) is 39.7 Å². The summed E-state index contributed by atoms with van der Waals surface area (Å²) in [6.45, 7) is 2.14. The second-order valence-corrected chi connectivity index (χ2v) is 5.76. The summed E-state index contributed by atoms with van der Waals surface area (Å²) in [4.78, 5) is 11.3. The number of benzene rings is 2. The van der Waals surface area contributed by atoms with Crippen molar-refractivity contribution >= 4 is 33.7 Å². The van der Waals surface area contributed by atoms with E-state index in [2.05, 4.69) is 20.7 Å². The minimum absolute atomic E-state index is 0.191. The summed E-state index contributed by atoms with van der Waals surface area (Å²) in [5.74, 6) is 0.927. The molecule has 0 spiro atoms. The van der Waals surface area contributed by atoms with Gasteiger partial charge in [0.2, 0.25) is 0 Å². The van der Waals surface area contributed by atoms with Crippen molar-refractivity contribution in [1.29, 1.82) is 0 Å². The number of ether oxygens (including phenoxy) is 3. The molecular formula is C16H14BrClO4. The quantitative estimate of drug-likeness (QED) is 0.540. The van der Waals surface area contributed by atoms with Gasteiger partial charge < -0.3 is 14.2 Å². The second-order valence-electron chi connectivity index (χ2n) is 4.50. The predicted octanol–water partition coefficient (Wildman–Crippen LogP) is 5.14. The number of carbonyl (C=O) groups is 1. The normalized spacial score (nSPS) is 10.2. The standard InChI is InChI=1S/C16H14BrClO4/c1-10-6-7-15(13(18)8-10)21-9-11-12(17)4-3-5-14(11)22-16(19)20-2/h3-8H,9H2,1-2H3. The Hall–Kier alpha value is -1.72. The lowest BCUT2D eigenvalue weighted by Gasteiger charge is -2.13. The van der Waals surface area contributed by atoms with Crippen LogP contribution in [0.1, 0.15) is 11.1 Å². The van der Waals surface area contributed by atoms with Gasteiger partial charge in [0.1, 0.15) is 18.1 Å². The summed E-state index contributed by atoms with van der Waals surface area (Å²) in [7, 11) is 1.25. The zero-order valence-electron chi connectivity index (χ0n) is 12.1. The fourth-order valence-electron chi connectivity index (χ4n) is 1.78. The lowest BCUT2D eigenvalue weighted by molar-refractivity contribution is 0.120. The number of aryl methyl sites for hydroxylation is 1. The van der Waals surface area contributed by atoms with Crippen LogP contribution in [0.15, 0.2) is 40.9 Å². The average molecular weight is 386 g/mol. The smallest absolute Gasteiger partial charge is 0.487 e. The number of carbonyl (C=O) groups excluding carboxylic acids is 1. The van der Waals surface area contributed by atoms with Crippen molar-refractivity contribution in [3.05, 3.63) is 57.0 Å². The monoisotopic (exact) mass is 384 g/mol. The van der Waals surface area contributed by atoms with Crippen LogP contribution in [0.5, 0.6) is 11.5 Å². The van der Waals surface area contributed by atoms with Gasteiger partial charge in [-0.05, 0) is 36.8 Å².